The highest BCUT2D eigenvalue weighted by molar-refractivity contribution is 7.92. The number of hydrogen-bond acceptors (Lipinski definition) is 4. The van der Waals surface area contributed by atoms with E-state index in [2.05, 4.69) is 5.32 Å². The predicted octanol–water partition coefficient (Wildman–Crippen LogP) is 5.80. The Kier molecular flexibility index (Phi) is 10.5. The summed E-state index contributed by atoms with van der Waals surface area (Å²) in [7, 11) is -4.22. The molecule has 0 radical (unpaired) electrons. The smallest absolute Gasteiger partial charge is 0.264 e. The van der Waals surface area contributed by atoms with Gasteiger partial charge in [0.2, 0.25) is 11.8 Å². The molecule has 4 aromatic carbocycles. The van der Waals surface area contributed by atoms with Gasteiger partial charge in [0.05, 0.1) is 10.6 Å². The molecule has 4 aromatic rings. The first-order valence-electron chi connectivity index (χ1n) is 14.5. The molecule has 44 heavy (non-hydrogen) atoms. The van der Waals surface area contributed by atoms with Crippen molar-refractivity contribution in [3.8, 4) is 0 Å². The molecule has 7 nitrogen and oxygen atoms in total. The van der Waals surface area contributed by atoms with Gasteiger partial charge in [0.15, 0.2) is 0 Å². The van der Waals surface area contributed by atoms with E-state index in [9.17, 15) is 22.4 Å². The molecule has 1 atom stereocenters. The van der Waals surface area contributed by atoms with E-state index >= 15 is 0 Å². The average molecular weight is 616 g/mol. The Morgan fingerprint density at radius 2 is 1.43 bits per heavy atom. The number of rotatable bonds is 12. The van der Waals surface area contributed by atoms with Crippen LogP contribution in [0.4, 0.5) is 10.1 Å². The standard InChI is InChI=1S/C35H38FN3O4S/c1-25(2)37-35(41)33(22-28-13-6-5-7-14-28)38(23-29-15-9-10-16-31(29)36)34(40)24-39(32-17-11-8-12-27(32)4)44(42,43)30-20-18-26(3)19-21-30/h5-21,25,33H,22-24H2,1-4H3,(H,37,41). The summed E-state index contributed by atoms with van der Waals surface area (Å²) in [5.41, 5.74) is 2.87. The van der Waals surface area contributed by atoms with Gasteiger partial charge in [-0.3, -0.25) is 13.9 Å². The Labute approximate surface area is 259 Å². The number of aryl methyl sites for hydroxylation is 2. The maximum Gasteiger partial charge on any atom is 0.264 e. The summed E-state index contributed by atoms with van der Waals surface area (Å²) < 4.78 is 44.3. The fourth-order valence-corrected chi connectivity index (χ4v) is 6.42. The minimum absolute atomic E-state index is 0.0261. The molecule has 230 valence electrons. The van der Waals surface area contributed by atoms with Crippen molar-refractivity contribution in [3.63, 3.8) is 0 Å². The normalized spacial score (nSPS) is 12.0. The lowest BCUT2D eigenvalue weighted by atomic mass is 10.0. The number of sulfonamides is 1. The molecule has 0 bridgehead atoms. The Morgan fingerprint density at radius 3 is 2.07 bits per heavy atom. The number of para-hydroxylation sites is 1. The molecular weight excluding hydrogens is 577 g/mol. The second-order valence-electron chi connectivity index (χ2n) is 11.1. The molecule has 0 aliphatic rings. The van der Waals surface area contributed by atoms with E-state index < -0.39 is 40.2 Å². The lowest BCUT2D eigenvalue weighted by molar-refractivity contribution is -0.140. The van der Waals surface area contributed by atoms with Crippen LogP contribution in [0.1, 0.15) is 36.1 Å². The van der Waals surface area contributed by atoms with Gasteiger partial charge in [-0.05, 0) is 63.1 Å². The fourth-order valence-electron chi connectivity index (χ4n) is 4.94. The van der Waals surface area contributed by atoms with Crippen LogP contribution in [-0.4, -0.2) is 43.8 Å². The van der Waals surface area contributed by atoms with Crippen molar-refractivity contribution in [1.82, 2.24) is 10.2 Å². The monoisotopic (exact) mass is 615 g/mol. The van der Waals surface area contributed by atoms with E-state index in [-0.39, 0.29) is 29.5 Å². The molecule has 9 heteroatoms. The average Bonchev–Trinajstić information content (AvgIpc) is 2.99. The number of amides is 2. The first-order valence-corrected chi connectivity index (χ1v) is 15.9. The molecule has 0 heterocycles. The number of halogens is 1. The van der Waals surface area contributed by atoms with E-state index in [0.717, 1.165) is 15.4 Å². The molecule has 4 rings (SSSR count). The molecule has 0 spiro atoms. The van der Waals surface area contributed by atoms with E-state index in [0.29, 0.717) is 11.3 Å². The van der Waals surface area contributed by atoms with Crippen LogP contribution in [-0.2, 0) is 32.6 Å². The summed E-state index contributed by atoms with van der Waals surface area (Å²) in [6.07, 6.45) is 0.147. The molecule has 0 saturated carbocycles. The molecule has 0 saturated heterocycles. The van der Waals surface area contributed by atoms with Crippen LogP contribution in [0.25, 0.3) is 0 Å². The molecule has 0 aromatic heterocycles. The Balaban J connectivity index is 1.82. The van der Waals surface area contributed by atoms with Gasteiger partial charge in [-0.15, -0.1) is 0 Å². The van der Waals surface area contributed by atoms with Crippen LogP contribution in [0, 0.1) is 19.7 Å². The quantitative estimate of drug-likeness (QED) is 0.218. The first kappa shape index (κ1) is 32.4. The second kappa shape index (κ2) is 14.3. The Bertz CT molecular complexity index is 1690. The summed E-state index contributed by atoms with van der Waals surface area (Å²) in [5, 5.41) is 2.90. The summed E-state index contributed by atoms with van der Waals surface area (Å²) in [6, 6.07) is 27.3. The molecule has 1 N–H and O–H groups in total. The summed E-state index contributed by atoms with van der Waals surface area (Å²) in [6.45, 7) is 6.41. The van der Waals surface area contributed by atoms with Crippen LogP contribution in [0.15, 0.2) is 108 Å². The van der Waals surface area contributed by atoms with Crippen molar-refractivity contribution < 1.29 is 22.4 Å². The highest BCUT2D eigenvalue weighted by Gasteiger charge is 2.35. The SMILES string of the molecule is Cc1ccc(S(=O)(=O)N(CC(=O)N(Cc2ccccc2F)C(Cc2ccccc2)C(=O)NC(C)C)c2ccccc2C)cc1. The molecule has 0 aliphatic carbocycles. The van der Waals surface area contributed by atoms with Gasteiger partial charge >= 0.3 is 0 Å². The van der Waals surface area contributed by atoms with Gasteiger partial charge in [-0.25, -0.2) is 12.8 Å². The van der Waals surface area contributed by atoms with Crippen molar-refractivity contribution in [3.05, 3.63) is 131 Å². The number of carbonyl (C=O) groups is 2. The number of carbonyl (C=O) groups excluding carboxylic acids is 2. The highest BCUT2D eigenvalue weighted by Crippen LogP contribution is 2.28. The second-order valence-corrected chi connectivity index (χ2v) is 13.0. The minimum atomic E-state index is -4.22. The number of hydrogen-bond donors (Lipinski definition) is 1. The number of nitrogens with one attached hydrogen (secondary N) is 1. The van der Waals surface area contributed by atoms with E-state index in [4.69, 9.17) is 0 Å². The zero-order chi connectivity index (χ0) is 31.9. The van der Waals surface area contributed by atoms with Gasteiger partial charge in [-0.2, -0.15) is 0 Å². The van der Waals surface area contributed by atoms with Gasteiger partial charge in [0.1, 0.15) is 18.4 Å². The van der Waals surface area contributed by atoms with Gasteiger partial charge < -0.3 is 10.2 Å². The van der Waals surface area contributed by atoms with Crippen molar-refractivity contribution in [2.24, 2.45) is 0 Å². The molecule has 0 fully saturated rings. The summed E-state index contributed by atoms with van der Waals surface area (Å²) in [4.78, 5) is 29.5. The zero-order valence-corrected chi connectivity index (χ0v) is 26.2. The first-order chi connectivity index (χ1) is 21.0. The number of anilines is 1. The van der Waals surface area contributed by atoms with E-state index in [1.807, 2.05) is 51.1 Å². The van der Waals surface area contributed by atoms with Crippen LogP contribution in [0.3, 0.4) is 0 Å². The molecule has 2 amide bonds. The lowest BCUT2D eigenvalue weighted by Gasteiger charge is -2.34. The summed E-state index contributed by atoms with van der Waals surface area (Å²) >= 11 is 0. The van der Waals surface area contributed by atoms with Crippen LogP contribution in [0.2, 0.25) is 0 Å². The third kappa shape index (κ3) is 7.90. The highest BCUT2D eigenvalue weighted by atomic mass is 32.2. The number of nitrogens with zero attached hydrogens (tertiary/aromatic N) is 2. The third-order valence-corrected chi connectivity index (χ3v) is 9.05. The topological polar surface area (TPSA) is 86.8 Å². The predicted molar refractivity (Wildman–Crippen MR) is 171 cm³/mol. The van der Waals surface area contributed by atoms with Crippen LogP contribution < -0.4 is 9.62 Å². The Hall–Kier alpha value is -4.50. The third-order valence-electron chi connectivity index (χ3n) is 7.27. The maximum absolute atomic E-state index is 15.0. The number of benzene rings is 4. The van der Waals surface area contributed by atoms with Gasteiger partial charge in [-0.1, -0.05) is 84.4 Å². The zero-order valence-electron chi connectivity index (χ0n) is 25.4. The van der Waals surface area contributed by atoms with Crippen LogP contribution in [0.5, 0.6) is 0 Å². The minimum Gasteiger partial charge on any atom is -0.352 e. The van der Waals surface area contributed by atoms with Gasteiger partial charge in [0, 0.05) is 24.6 Å². The largest absolute Gasteiger partial charge is 0.352 e. The van der Waals surface area contributed by atoms with Crippen molar-refractivity contribution in [1.29, 1.82) is 0 Å². The molecular formula is C35H38FN3O4S. The molecule has 0 aliphatic heterocycles. The summed E-state index contributed by atoms with van der Waals surface area (Å²) in [5.74, 6) is -1.60. The van der Waals surface area contributed by atoms with Crippen molar-refractivity contribution >= 4 is 27.5 Å². The van der Waals surface area contributed by atoms with Crippen LogP contribution >= 0.6 is 0 Å². The Morgan fingerprint density at radius 1 is 0.818 bits per heavy atom. The lowest BCUT2D eigenvalue weighted by Crippen LogP contribution is -2.54. The van der Waals surface area contributed by atoms with Crippen molar-refractivity contribution in [2.45, 2.75) is 57.6 Å². The van der Waals surface area contributed by atoms with Gasteiger partial charge in [0.25, 0.3) is 10.0 Å². The van der Waals surface area contributed by atoms with E-state index in [1.165, 1.54) is 23.1 Å². The maximum atomic E-state index is 15.0. The molecule has 1 unspecified atom stereocenters. The fraction of sp³-hybridized carbons (Fsp3) is 0.257. The van der Waals surface area contributed by atoms with Crippen molar-refractivity contribution in [2.75, 3.05) is 10.8 Å². The van der Waals surface area contributed by atoms with E-state index in [1.54, 1.807) is 61.5 Å².